The molecular formula is C27H25N3O5S. The van der Waals surface area contributed by atoms with Gasteiger partial charge < -0.3 is 9.47 Å². The van der Waals surface area contributed by atoms with Crippen LogP contribution in [0.2, 0.25) is 0 Å². The topological polar surface area (TPSA) is 94.3 Å². The molecule has 1 aliphatic heterocycles. The first-order valence-electron chi connectivity index (χ1n) is 11.4. The Kier molecular flexibility index (Phi) is 8.02. The maximum Gasteiger partial charge on any atom is 0.269 e. The molecule has 3 aromatic carbocycles. The quantitative estimate of drug-likeness (QED) is 0.196. The number of methoxy groups -OCH3 is 1. The highest BCUT2D eigenvalue weighted by Crippen LogP contribution is 2.36. The van der Waals surface area contributed by atoms with Crippen molar-refractivity contribution < 1.29 is 19.2 Å². The molecule has 3 aromatic rings. The fraction of sp³-hybridized carbons (Fsp3) is 0.185. The van der Waals surface area contributed by atoms with Gasteiger partial charge in [0.05, 0.1) is 22.6 Å². The summed E-state index contributed by atoms with van der Waals surface area (Å²) in [5, 5.41) is 11.5. The van der Waals surface area contributed by atoms with Crippen molar-refractivity contribution in [2.45, 2.75) is 20.0 Å². The van der Waals surface area contributed by atoms with E-state index in [0.717, 1.165) is 23.2 Å². The first kappa shape index (κ1) is 25.0. The van der Waals surface area contributed by atoms with E-state index >= 15 is 0 Å². The minimum absolute atomic E-state index is 0.0301. The van der Waals surface area contributed by atoms with Crippen molar-refractivity contribution in [1.29, 1.82) is 0 Å². The molecule has 1 fully saturated rings. The molecule has 184 valence electrons. The van der Waals surface area contributed by atoms with Crippen molar-refractivity contribution in [1.82, 2.24) is 4.90 Å². The van der Waals surface area contributed by atoms with Crippen molar-refractivity contribution in [2.24, 2.45) is 4.99 Å². The highest BCUT2D eigenvalue weighted by molar-refractivity contribution is 8.18. The molecule has 9 heteroatoms. The molecule has 4 rings (SSSR count). The maximum absolute atomic E-state index is 13.1. The molecule has 8 nitrogen and oxygen atoms in total. The van der Waals surface area contributed by atoms with Gasteiger partial charge in [-0.15, -0.1) is 0 Å². The van der Waals surface area contributed by atoms with Crippen molar-refractivity contribution in [3.8, 4) is 11.5 Å². The summed E-state index contributed by atoms with van der Waals surface area (Å²) in [6.45, 7) is 2.85. The van der Waals surface area contributed by atoms with E-state index in [1.165, 1.54) is 23.9 Å². The summed E-state index contributed by atoms with van der Waals surface area (Å²) in [5.41, 5.74) is 2.42. The van der Waals surface area contributed by atoms with Crippen molar-refractivity contribution in [3.63, 3.8) is 0 Å². The Hall–Kier alpha value is -4.11. The molecule has 1 saturated heterocycles. The SMILES string of the molecule is CCCN1C(=O)/C(=C\c2ccc(OCc3ccc([N+](=O)[O-])cc3)c(OC)c2)SC1=Nc1ccccc1. The van der Waals surface area contributed by atoms with Gasteiger partial charge in [-0.25, -0.2) is 4.99 Å². The van der Waals surface area contributed by atoms with Crippen LogP contribution in [0.4, 0.5) is 11.4 Å². The van der Waals surface area contributed by atoms with Gasteiger partial charge in [-0.3, -0.25) is 19.8 Å². The van der Waals surface area contributed by atoms with Gasteiger partial charge in [-0.2, -0.15) is 0 Å². The molecule has 0 aliphatic carbocycles. The molecule has 0 saturated carbocycles. The second kappa shape index (κ2) is 11.5. The van der Waals surface area contributed by atoms with Crippen LogP contribution in [0, 0.1) is 10.1 Å². The number of nitro groups is 1. The number of thioether (sulfide) groups is 1. The number of carbonyl (C=O) groups excluding carboxylic acids is 1. The second-order valence-corrected chi connectivity index (χ2v) is 8.93. The summed E-state index contributed by atoms with van der Waals surface area (Å²) >= 11 is 1.35. The third-order valence-electron chi connectivity index (χ3n) is 5.34. The summed E-state index contributed by atoms with van der Waals surface area (Å²) in [6, 6.07) is 21.2. The van der Waals surface area contributed by atoms with Crippen LogP contribution in [0.5, 0.6) is 11.5 Å². The lowest BCUT2D eigenvalue weighted by Gasteiger charge is -2.14. The van der Waals surface area contributed by atoms with Crippen molar-refractivity contribution in [3.05, 3.63) is 98.9 Å². The first-order valence-corrected chi connectivity index (χ1v) is 12.2. The number of non-ortho nitro benzene ring substituents is 1. The summed E-state index contributed by atoms with van der Waals surface area (Å²) in [4.78, 5) is 30.5. The number of benzene rings is 3. The van der Waals surface area contributed by atoms with Crippen LogP contribution in [-0.2, 0) is 11.4 Å². The number of nitro benzene ring substituents is 1. The largest absolute Gasteiger partial charge is 0.493 e. The van der Waals surface area contributed by atoms with Crippen LogP contribution in [-0.4, -0.2) is 34.6 Å². The molecule has 0 unspecified atom stereocenters. The lowest BCUT2D eigenvalue weighted by atomic mass is 10.1. The normalized spacial score (nSPS) is 15.5. The predicted molar refractivity (Wildman–Crippen MR) is 142 cm³/mol. The molecule has 0 spiro atoms. The molecule has 0 N–H and O–H groups in total. The van der Waals surface area contributed by atoms with Gasteiger partial charge in [0.2, 0.25) is 0 Å². The predicted octanol–water partition coefficient (Wildman–Crippen LogP) is 6.20. The molecule has 36 heavy (non-hydrogen) atoms. The molecule has 0 atom stereocenters. The third kappa shape index (κ3) is 5.92. The Morgan fingerprint density at radius 2 is 1.81 bits per heavy atom. The fourth-order valence-electron chi connectivity index (χ4n) is 3.54. The Morgan fingerprint density at radius 3 is 2.47 bits per heavy atom. The standard InChI is InChI=1S/C27H25N3O5S/c1-3-15-29-26(31)25(36-27(29)28-21-7-5-4-6-8-21)17-20-11-14-23(24(16-20)34-2)35-18-19-9-12-22(13-10-19)30(32)33/h4-14,16-17H,3,15,18H2,1-2H3/b25-17+,28-27?. The van der Waals surface area contributed by atoms with E-state index in [0.29, 0.717) is 28.1 Å². The van der Waals surface area contributed by atoms with Crippen LogP contribution in [0.25, 0.3) is 6.08 Å². The first-order chi connectivity index (χ1) is 17.5. The van der Waals surface area contributed by atoms with E-state index in [4.69, 9.17) is 9.47 Å². The molecule has 0 aromatic heterocycles. The molecule has 1 amide bonds. The van der Waals surface area contributed by atoms with Crippen molar-refractivity contribution in [2.75, 3.05) is 13.7 Å². The number of hydrogen-bond donors (Lipinski definition) is 0. The average molecular weight is 504 g/mol. The Labute approximate surface area is 213 Å². The molecule has 0 radical (unpaired) electrons. The molecule has 0 bridgehead atoms. The van der Waals surface area contributed by atoms with Gasteiger partial charge in [0.15, 0.2) is 16.7 Å². The van der Waals surface area contributed by atoms with E-state index < -0.39 is 4.92 Å². The summed E-state index contributed by atoms with van der Waals surface area (Å²) in [6.07, 6.45) is 2.65. The zero-order chi connectivity index (χ0) is 25.5. The molecule has 1 heterocycles. The highest BCUT2D eigenvalue weighted by Gasteiger charge is 2.32. The highest BCUT2D eigenvalue weighted by atomic mass is 32.2. The molecular weight excluding hydrogens is 478 g/mol. The van der Waals surface area contributed by atoms with Gasteiger partial charge in [-0.1, -0.05) is 31.2 Å². The zero-order valence-corrected chi connectivity index (χ0v) is 20.7. The number of hydrogen-bond acceptors (Lipinski definition) is 7. The van der Waals surface area contributed by atoms with Gasteiger partial charge in [-0.05, 0) is 71.8 Å². The van der Waals surface area contributed by atoms with E-state index in [2.05, 4.69) is 4.99 Å². The summed E-state index contributed by atoms with van der Waals surface area (Å²) in [5.74, 6) is 0.974. The number of para-hydroxylation sites is 1. The van der Waals surface area contributed by atoms with E-state index in [1.54, 1.807) is 30.2 Å². The van der Waals surface area contributed by atoms with E-state index in [1.807, 2.05) is 55.5 Å². The minimum atomic E-state index is -0.438. The van der Waals surface area contributed by atoms with Crippen LogP contribution in [0.15, 0.2) is 82.7 Å². The van der Waals surface area contributed by atoms with Crippen LogP contribution in [0.3, 0.4) is 0 Å². The van der Waals surface area contributed by atoms with E-state index in [9.17, 15) is 14.9 Å². The summed E-state index contributed by atoms with van der Waals surface area (Å²) in [7, 11) is 1.55. The lowest BCUT2D eigenvalue weighted by Crippen LogP contribution is -2.29. The average Bonchev–Trinajstić information content (AvgIpc) is 3.17. The monoisotopic (exact) mass is 503 g/mol. The van der Waals surface area contributed by atoms with Gasteiger partial charge in [0.25, 0.3) is 11.6 Å². The van der Waals surface area contributed by atoms with Gasteiger partial charge in [0, 0.05) is 18.7 Å². The van der Waals surface area contributed by atoms with Crippen LogP contribution in [0.1, 0.15) is 24.5 Å². The lowest BCUT2D eigenvalue weighted by molar-refractivity contribution is -0.384. The number of aliphatic imine (C=N–C) groups is 1. The van der Waals surface area contributed by atoms with E-state index in [-0.39, 0.29) is 18.2 Å². The number of nitrogens with zero attached hydrogens (tertiary/aromatic N) is 3. The summed E-state index contributed by atoms with van der Waals surface area (Å²) < 4.78 is 11.4. The maximum atomic E-state index is 13.1. The number of rotatable bonds is 9. The number of ether oxygens (including phenoxy) is 2. The number of carbonyl (C=O) groups is 1. The van der Waals surface area contributed by atoms with Crippen LogP contribution >= 0.6 is 11.8 Å². The zero-order valence-electron chi connectivity index (χ0n) is 19.9. The third-order valence-corrected chi connectivity index (χ3v) is 6.35. The Bertz CT molecular complexity index is 1310. The minimum Gasteiger partial charge on any atom is -0.493 e. The van der Waals surface area contributed by atoms with Crippen LogP contribution < -0.4 is 9.47 Å². The number of amides is 1. The number of amidine groups is 1. The smallest absolute Gasteiger partial charge is 0.269 e. The Morgan fingerprint density at radius 1 is 1.06 bits per heavy atom. The van der Waals surface area contributed by atoms with Gasteiger partial charge >= 0.3 is 0 Å². The molecule has 1 aliphatic rings. The second-order valence-electron chi connectivity index (χ2n) is 7.92. The van der Waals surface area contributed by atoms with Gasteiger partial charge in [0.1, 0.15) is 6.61 Å². The fourth-order valence-corrected chi connectivity index (χ4v) is 4.57. The Balaban J connectivity index is 1.52. The van der Waals surface area contributed by atoms with Crippen molar-refractivity contribution >= 4 is 40.3 Å².